The number of halogens is 1. The fourth-order valence-electron chi connectivity index (χ4n) is 3.70. The van der Waals surface area contributed by atoms with Crippen molar-refractivity contribution in [2.24, 2.45) is 13.0 Å². The van der Waals surface area contributed by atoms with E-state index in [4.69, 9.17) is 0 Å². The van der Waals surface area contributed by atoms with Gasteiger partial charge in [-0.2, -0.15) is 5.10 Å². The van der Waals surface area contributed by atoms with Crippen molar-refractivity contribution in [3.05, 3.63) is 35.2 Å². The van der Waals surface area contributed by atoms with E-state index in [0.29, 0.717) is 18.9 Å². The zero-order chi connectivity index (χ0) is 18.8. The van der Waals surface area contributed by atoms with Gasteiger partial charge < -0.3 is 14.8 Å². The van der Waals surface area contributed by atoms with Gasteiger partial charge in [-0.3, -0.25) is 9.48 Å². The average Bonchev–Trinajstić information content (AvgIpc) is 3.13. The maximum absolute atomic E-state index is 13.1. The van der Waals surface area contributed by atoms with Gasteiger partial charge in [0.2, 0.25) is 5.91 Å². The molecule has 0 radical (unpaired) electrons. The van der Waals surface area contributed by atoms with Crippen LogP contribution < -0.4 is 5.32 Å². The number of aromatic nitrogens is 4. The predicted molar refractivity (Wildman–Crippen MR) is 108 cm³/mol. The molecule has 1 aliphatic heterocycles. The van der Waals surface area contributed by atoms with Gasteiger partial charge in [-0.25, -0.2) is 4.98 Å². The van der Waals surface area contributed by atoms with E-state index in [1.54, 1.807) is 6.20 Å². The third-order valence-corrected chi connectivity index (χ3v) is 5.12. The number of imidazole rings is 1. The van der Waals surface area contributed by atoms with E-state index < -0.39 is 0 Å². The molecule has 3 heterocycles. The van der Waals surface area contributed by atoms with Crippen LogP contribution in [0.4, 0.5) is 0 Å². The molecule has 8 heteroatoms. The topological polar surface area (TPSA) is 68.0 Å². The number of carbonyl (C=O) groups excluding carboxylic acids is 1. The lowest BCUT2D eigenvalue weighted by Crippen LogP contribution is -2.50. The molecule has 1 fully saturated rings. The molecular formula is C19H31ClN6O. The standard InChI is InChI=1S/C19H30N6O.ClH/c1-13(2)12-25-15(4)16(14(3)22-25)10-18(26)24-9-6-20-11-17(24)19-21-7-8-23(19)5;/h7-8,13,17,20H,6,9-12H2,1-5H3;1H. The molecule has 1 saturated heterocycles. The summed E-state index contributed by atoms with van der Waals surface area (Å²) in [6.45, 7) is 11.6. The third-order valence-electron chi connectivity index (χ3n) is 5.12. The van der Waals surface area contributed by atoms with Crippen molar-refractivity contribution in [2.45, 2.75) is 46.7 Å². The summed E-state index contributed by atoms with van der Waals surface area (Å²) in [6.07, 6.45) is 4.12. The van der Waals surface area contributed by atoms with Crippen molar-refractivity contribution in [1.29, 1.82) is 0 Å². The Bertz CT molecular complexity index is 781. The van der Waals surface area contributed by atoms with E-state index in [0.717, 1.165) is 42.4 Å². The van der Waals surface area contributed by atoms with Gasteiger partial charge in [-0.15, -0.1) is 12.4 Å². The summed E-state index contributed by atoms with van der Waals surface area (Å²) < 4.78 is 4.03. The molecule has 150 valence electrons. The van der Waals surface area contributed by atoms with Crippen molar-refractivity contribution in [3.8, 4) is 0 Å². The van der Waals surface area contributed by atoms with Crippen molar-refractivity contribution in [1.82, 2.24) is 29.5 Å². The van der Waals surface area contributed by atoms with E-state index in [1.165, 1.54) is 0 Å². The molecule has 1 aliphatic rings. The zero-order valence-corrected chi connectivity index (χ0v) is 17.7. The number of hydrogen-bond acceptors (Lipinski definition) is 4. The third kappa shape index (κ3) is 4.52. The largest absolute Gasteiger partial charge is 0.336 e. The Labute approximate surface area is 167 Å². The normalized spacial score (nSPS) is 17.3. The fraction of sp³-hybridized carbons (Fsp3) is 0.632. The summed E-state index contributed by atoms with van der Waals surface area (Å²) >= 11 is 0. The number of amides is 1. The molecule has 1 unspecified atom stereocenters. The van der Waals surface area contributed by atoms with E-state index in [-0.39, 0.29) is 24.4 Å². The van der Waals surface area contributed by atoms with Gasteiger partial charge in [0.25, 0.3) is 0 Å². The summed E-state index contributed by atoms with van der Waals surface area (Å²) in [7, 11) is 1.98. The SMILES string of the molecule is Cc1nn(CC(C)C)c(C)c1CC(=O)N1CCNCC1c1nccn1C.Cl. The number of nitrogens with zero attached hydrogens (tertiary/aromatic N) is 5. The quantitative estimate of drug-likeness (QED) is 0.842. The van der Waals surface area contributed by atoms with Crippen LogP contribution in [0, 0.1) is 19.8 Å². The van der Waals surface area contributed by atoms with Gasteiger partial charge in [0.05, 0.1) is 12.1 Å². The van der Waals surface area contributed by atoms with E-state index >= 15 is 0 Å². The van der Waals surface area contributed by atoms with Crippen LogP contribution in [-0.4, -0.2) is 49.8 Å². The Morgan fingerprint density at radius 1 is 1.37 bits per heavy atom. The molecule has 0 aromatic carbocycles. The number of nitrogens with one attached hydrogen (secondary N) is 1. The minimum atomic E-state index is -0.0254. The minimum absolute atomic E-state index is 0. The summed E-state index contributed by atoms with van der Waals surface area (Å²) in [6, 6.07) is -0.0254. The van der Waals surface area contributed by atoms with Gasteiger partial charge in [0.15, 0.2) is 0 Å². The number of piperazine rings is 1. The highest BCUT2D eigenvalue weighted by molar-refractivity contribution is 5.85. The van der Waals surface area contributed by atoms with Gasteiger partial charge in [0.1, 0.15) is 11.9 Å². The molecule has 2 aromatic heterocycles. The second-order valence-electron chi connectivity index (χ2n) is 7.61. The Morgan fingerprint density at radius 2 is 2.11 bits per heavy atom. The molecule has 0 saturated carbocycles. The first-order chi connectivity index (χ1) is 12.4. The molecule has 0 bridgehead atoms. The molecule has 0 spiro atoms. The first kappa shape index (κ1) is 21.4. The monoisotopic (exact) mass is 394 g/mol. The molecular weight excluding hydrogens is 364 g/mol. The van der Waals surface area contributed by atoms with Crippen molar-refractivity contribution in [3.63, 3.8) is 0 Å². The van der Waals surface area contributed by atoms with Crippen LogP contribution in [0.5, 0.6) is 0 Å². The van der Waals surface area contributed by atoms with Crippen LogP contribution in [0.2, 0.25) is 0 Å². The van der Waals surface area contributed by atoms with Crippen LogP contribution >= 0.6 is 12.4 Å². The first-order valence-electron chi connectivity index (χ1n) is 9.38. The maximum Gasteiger partial charge on any atom is 0.227 e. The fourth-order valence-corrected chi connectivity index (χ4v) is 3.70. The van der Waals surface area contributed by atoms with Crippen molar-refractivity contribution in [2.75, 3.05) is 19.6 Å². The highest BCUT2D eigenvalue weighted by Gasteiger charge is 2.31. The Balaban J connectivity index is 0.00000261. The van der Waals surface area contributed by atoms with Crippen LogP contribution in [0.1, 0.15) is 42.7 Å². The second kappa shape index (κ2) is 8.89. The van der Waals surface area contributed by atoms with Gasteiger partial charge in [0, 0.05) is 56.9 Å². The van der Waals surface area contributed by atoms with Crippen LogP contribution in [0.3, 0.4) is 0 Å². The molecule has 1 N–H and O–H groups in total. The van der Waals surface area contributed by atoms with E-state index in [2.05, 4.69) is 36.2 Å². The molecule has 1 amide bonds. The molecule has 3 rings (SSSR count). The number of hydrogen-bond donors (Lipinski definition) is 1. The molecule has 27 heavy (non-hydrogen) atoms. The van der Waals surface area contributed by atoms with Gasteiger partial charge >= 0.3 is 0 Å². The summed E-state index contributed by atoms with van der Waals surface area (Å²) in [5.41, 5.74) is 3.13. The highest BCUT2D eigenvalue weighted by Crippen LogP contribution is 2.23. The molecule has 2 aromatic rings. The van der Waals surface area contributed by atoms with E-state index in [9.17, 15) is 4.79 Å². The Kier molecular flexibility index (Phi) is 7.06. The summed E-state index contributed by atoms with van der Waals surface area (Å²) in [4.78, 5) is 19.6. The predicted octanol–water partition coefficient (Wildman–Crippen LogP) is 2.03. The van der Waals surface area contributed by atoms with Crippen LogP contribution in [0.25, 0.3) is 0 Å². The molecule has 1 atom stereocenters. The van der Waals surface area contributed by atoms with Gasteiger partial charge in [-0.1, -0.05) is 13.8 Å². The minimum Gasteiger partial charge on any atom is -0.336 e. The van der Waals surface area contributed by atoms with E-state index in [1.807, 2.05) is 34.3 Å². The second-order valence-corrected chi connectivity index (χ2v) is 7.61. The molecule has 7 nitrogen and oxygen atoms in total. The number of rotatable bonds is 5. The summed E-state index contributed by atoms with van der Waals surface area (Å²) in [5.74, 6) is 1.60. The zero-order valence-electron chi connectivity index (χ0n) is 16.9. The smallest absolute Gasteiger partial charge is 0.227 e. The van der Waals surface area contributed by atoms with Crippen LogP contribution in [0.15, 0.2) is 12.4 Å². The van der Waals surface area contributed by atoms with Gasteiger partial charge in [-0.05, 0) is 19.8 Å². The van der Waals surface area contributed by atoms with Crippen molar-refractivity contribution >= 4 is 18.3 Å². The molecule has 0 aliphatic carbocycles. The number of carbonyl (C=O) groups is 1. The Hall–Kier alpha value is -1.86. The lowest BCUT2D eigenvalue weighted by molar-refractivity contribution is -0.134. The Morgan fingerprint density at radius 3 is 2.74 bits per heavy atom. The van der Waals surface area contributed by atoms with Crippen LogP contribution in [-0.2, 0) is 24.8 Å². The lowest BCUT2D eigenvalue weighted by Gasteiger charge is -2.36. The number of aryl methyl sites for hydroxylation is 2. The maximum atomic E-state index is 13.1. The summed E-state index contributed by atoms with van der Waals surface area (Å²) in [5, 5.41) is 8.03. The highest BCUT2D eigenvalue weighted by atomic mass is 35.5. The lowest BCUT2D eigenvalue weighted by atomic mass is 10.1. The van der Waals surface area contributed by atoms with Crippen molar-refractivity contribution < 1.29 is 4.79 Å². The first-order valence-corrected chi connectivity index (χ1v) is 9.38. The average molecular weight is 395 g/mol.